The minimum atomic E-state index is 0.130. The molecule has 0 atom stereocenters. The summed E-state index contributed by atoms with van der Waals surface area (Å²) in [6.45, 7) is 5.02. The van der Waals surface area contributed by atoms with Crippen LogP contribution in [0.25, 0.3) is 11.3 Å². The van der Waals surface area contributed by atoms with Crippen LogP contribution in [-0.4, -0.2) is 54.3 Å². The number of nitrogen functional groups attached to an aromatic ring is 1. The molecule has 0 radical (unpaired) electrons. The van der Waals surface area contributed by atoms with E-state index in [1.807, 2.05) is 24.3 Å². The van der Waals surface area contributed by atoms with Gasteiger partial charge in [0.05, 0.1) is 25.1 Å². The summed E-state index contributed by atoms with van der Waals surface area (Å²) in [6, 6.07) is 13.0. The quantitative estimate of drug-likeness (QED) is 0.520. The first kappa shape index (κ1) is 22.6. The minimum absolute atomic E-state index is 0.130. The molecule has 4 rings (SSSR count). The molecule has 1 fully saturated rings. The third-order valence-corrected chi connectivity index (χ3v) is 5.80. The highest BCUT2D eigenvalue weighted by Gasteiger charge is 2.13. The first-order chi connectivity index (χ1) is 15.6. The van der Waals surface area contributed by atoms with E-state index in [4.69, 9.17) is 43.1 Å². The Bertz CT molecular complexity index is 1040. The molecule has 2 N–H and O–H groups in total. The monoisotopic (exact) mass is 474 g/mol. The molecule has 2 heterocycles. The van der Waals surface area contributed by atoms with E-state index in [1.165, 1.54) is 0 Å². The predicted molar refractivity (Wildman–Crippen MR) is 125 cm³/mol. The topological polar surface area (TPSA) is 82.7 Å². The molecule has 0 amide bonds. The van der Waals surface area contributed by atoms with Crippen LogP contribution in [0.15, 0.2) is 48.7 Å². The lowest BCUT2D eigenvalue weighted by molar-refractivity contribution is 0.0322. The summed E-state index contributed by atoms with van der Waals surface area (Å²) in [5, 5.41) is 1.03. The Labute approximate surface area is 197 Å². The molecule has 7 nitrogen and oxygen atoms in total. The Morgan fingerprint density at radius 1 is 1.03 bits per heavy atom. The van der Waals surface area contributed by atoms with E-state index >= 15 is 0 Å². The van der Waals surface area contributed by atoms with Crippen LogP contribution >= 0.6 is 23.2 Å². The molecular weight excluding hydrogens is 451 g/mol. The van der Waals surface area contributed by atoms with E-state index in [-0.39, 0.29) is 18.3 Å². The van der Waals surface area contributed by atoms with Gasteiger partial charge in [0.15, 0.2) is 5.82 Å². The third-order valence-electron chi connectivity index (χ3n) is 5.09. The third kappa shape index (κ3) is 5.81. The van der Waals surface area contributed by atoms with Gasteiger partial charge >= 0.3 is 0 Å². The van der Waals surface area contributed by atoms with Crippen molar-refractivity contribution in [2.75, 3.05) is 45.2 Å². The van der Waals surface area contributed by atoms with Gasteiger partial charge in [-0.05, 0) is 24.3 Å². The smallest absolute Gasteiger partial charge is 0.258 e. The van der Waals surface area contributed by atoms with Gasteiger partial charge in [-0.1, -0.05) is 41.4 Å². The van der Waals surface area contributed by atoms with E-state index in [0.29, 0.717) is 27.9 Å². The molecule has 0 unspecified atom stereocenters. The Kier molecular flexibility index (Phi) is 7.65. The number of hydrogen-bond donors (Lipinski definition) is 1. The molecule has 32 heavy (non-hydrogen) atoms. The summed E-state index contributed by atoms with van der Waals surface area (Å²) in [7, 11) is 0. The molecule has 0 spiro atoms. The van der Waals surface area contributed by atoms with E-state index in [2.05, 4.69) is 14.9 Å². The number of nitrogens with zero attached hydrogens (tertiary/aromatic N) is 3. The first-order valence-corrected chi connectivity index (χ1v) is 11.1. The maximum Gasteiger partial charge on any atom is 0.258 e. The van der Waals surface area contributed by atoms with Gasteiger partial charge in [-0.25, -0.2) is 9.97 Å². The number of rotatable bonds is 8. The Balaban J connectivity index is 1.42. The van der Waals surface area contributed by atoms with Crippen LogP contribution in [0.5, 0.6) is 11.6 Å². The standard InChI is InChI=1S/C23H24Cl2N4O3/c24-19-5-2-6-20(25)18(19)15-32-23-22(26)27-14-21(28-23)16-3-1-4-17(13-16)31-12-9-29-7-10-30-11-8-29/h1-6,13-14H,7-12,15H2,(H2,26,27). The van der Waals surface area contributed by atoms with E-state index in [1.54, 1.807) is 24.4 Å². The van der Waals surface area contributed by atoms with Crippen LogP contribution in [0, 0.1) is 0 Å². The zero-order valence-corrected chi connectivity index (χ0v) is 19.0. The highest BCUT2D eigenvalue weighted by molar-refractivity contribution is 6.35. The fourth-order valence-corrected chi connectivity index (χ4v) is 3.81. The fourth-order valence-electron chi connectivity index (χ4n) is 3.30. The fraction of sp³-hybridized carbons (Fsp3) is 0.304. The molecule has 1 aliphatic heterocycles. The second kappa shape index (κ2) is 10.8. The van der Waals surface area contributed by atoms with Crippen LogP contribution in [0.2, 0.25) is 10.0 Å². The van der Waals surface area contributed by atoms with Crippen LogP contribution in [0.4, 0.5) is 5.82 Å². The van der Waals surface area contributed by atoms with Gasteiger partial charge in [0.25, 0.3) is 5.88 Å². The molecule has 0 bridgehead atoms. The molecule has 1 aromatic heterocycles. The molecule has 2 aromatic carbocycles. The summed E-state index contributed by atoms with van der Waals surface area (Å²) >= 11 is 12.4. The van der Waals surface area contributed by atoms with Gasteiger partial charge in [-0.15, -0.1) is 0 Å². The maximum atomic E-state index is 6.22. The van der Waals surface area contributed by atoms with Crippen LogP contribution in [-0.2, 0) is 11.3 Å². The molecule has 1 aliphatic rings. The number of hydrogen-bond acceptors (Lipinski definition) is 7. The highest BCUT2D eigenvalue weighted by Crippen LogP contribution is 2.29. The van der Waals surface area contributed by atoms with Gasteiger partial charge < -0.3 is 19.9 Å². The second-order valence-corrected chi connectivity index (χ2v) is 8.08. The van der Waals surface area contributed by atoms with Crippen LogP contribution in [0.3, 0.4) is 0 Å². The van der Waals surface area contributed by atoms with E-state index in [9.17, 15) is 0 Å². The molecule has 3 aromatic rings. The first-order valence-electron chi connectivity index (χ1n) is 10.3. The molecular formula is C23H24Cl2N4O3. The van der Waals surface area contributed by atoms with E-state index in [0.717, 1.165) is 44.2 Å². The summed E-state index contributed by atoms with van der Waals surface area (Å²) < 4.78 is 17.1. The van der Waals surface area contributed by atoms with Crippen LogP contribution < -0.4 is 15.2 Å². The number of morpholine rings is 1. The van der Waals surface area contributed by atoms with Gasteiger partial charge in [0, 0.05) is 40.8 Å². The Morgan fingerprint density at radius 2 is 1.78 bits per heavy atom. The second-order valence-electron chi connectivity index (χ2n) is 7.26. The van der Waals surface area contributed by atoms with Crippen molar-refractivity contribution in [2.24, 2.45) is 0 Å². The summed E-state index contributed by atoms with van der Waals surface area (Å²) in [5.74, 6) is 1.17. The van der Waals surface area contributed by atoms with Gasteiger partial charge in [0.2, 0.25) is 0 Å². The molecule has 0 aliphatic carbocycles. The number of nitrogens with two attached hydrogens (primary N) is 1. The largest absolute Gasteiger partial charge is 0.492 e. The number of benzene rings is 2. The van der Waals surface area contributed by atoms with Crippen molar-refractivity contribution < 1.29 is 14.2 Å². The van der Waals surface area contributed by atoms with Crippen LogP contribution in [0.1, 0.15) is 5.56 Å². The number of halogens is 2. The summed E-state index contributed by atoms with van der Waals surface area (Å²) in [5.41, 5.74) is 8.11. The number of ether oxygens (including phenoxy) is 3. The zero-order chi connectivity index (χ0) is 22.3. The zero-order valence-electron chi connectivity index (χ0n) is 17.5. The van der Waals surface area contributed by atoms with Crippen molar-refractivity contribution in [3.05, 3.63) is 64.3 Å². The molecule has 168 valence electrons. The highest BCUT2D eigenvalue weighted by atomic mass is 35.5. The predicted octanol–water partition coefficient (Wildman–Crippen LogP) is 4.32. The lowest BCUT2D eigenvalue weighted by Gasteiger charge is -2.26. The van der Waals surface area contributed by atoms with Gasteiger partial charge in [-0.3, -0.25) is 4.90 Å². The normalized spacial score (nSPS) is 14.3. The molecule has 1 saturated heterocycles. The van der Waals surface area contributed by atoms with Crippen molar-refractivity contribution in [1.82, 2.24) is 14.9 Å². The summed E-state index contributed by atoms with van der Waals surface area (Å²) in [6.07, 6.45) is 1.61. The van der Waals surface area contributed by atoms with Crippen molar-refractivity contribution in [1.29, 1.82) is 0 Å². The van der Waals surface area contributed by atoms with E-state index < -0.39 is 0 Å². The van der Waals surface area contributed by atoms with Crippen molar-refractivity contribution in [3.63, 3.8) is 0 Å². The van der Waals surface area contributed by atoms with Gasteiger partial charge in [-0.2, -0.15) is 0 Å². The lowest BCUT2D eigenvalue weighted by Crippen LogP contribution is -2.38. The maximum absolute atomic E-state index is 6.22. The number of aromatic nitrogens is 2. The Hall–Kier alpha value is -2.58. The Morgan fingerprint density at radius 3 is 2.56 bits per heavy atom. The lowest BCUT2D eigenvalue weighted by atomic mass is 10.1. The molecule has 9 heteroatoms. The molecule has 0 saturated carbocycles. The minimum Gasteiger partial charge on any atom is -0.492 e. The average molecular weight is 475 g/mol. The SMILES string of the molecule is Nc1ncc(-c2cccc(OCCN3CCOCC3)c2)nc1OCc1c(Cl)cccc1Cl. The summed E-state index contributed by atoms with van der Waals surface area (Å²) in [4.78, 5) is 11.1. The number of anilines is 1. The average Bonchev–Trinajstić information content (AvgIpc) is 2.81. The van der Waals surface area contributed by atoms with Crippen molar-refractivity contribution >= 4 is 29.0 Å². The van der Waals surface area contributed by atoms with Gasteiger partial charge in [0.1, 0.15) is 19.0 Å². The van der Waals surface area contributed by atoms with Crippen molar-refractivity contribution in [2.45, 2.75) is 6.61 Å². The van der Waals surface area contributed by atoms with Crippen molar-refractivity contribution in [3.8, 4) is 22.9 Å².